The van der Waals surface area contributed by atoms with Crippen molar-refractivity contribution in [3.63, 3.8) is 0 Å². The van der Waals surface area contributed by atoms with Gasteiger partial charge >= 0.3 is 11.9 Å². The molecule has 0 aliphatic rings. The molecule has 2 aromatic carbocycles. The Morgan fingerprint density at radius 1 is 1.20 bits per heavy atom. The lowest BCUT2D eigenvalue weighted by Crippen LogP contribution is -2.22. The molecule has 10 heteroatoms. The fourth-order valence-corrected chi connectivity index (χ4v) is 4.72. The van der Waals surface area contributed by atoms with Crippen LogP contribution in [0.25, 0.3) is 21.2 Å². The zero-order chi connectivity index (χ0) is 21.4. The van der Waals surface area contributed by atoms with Gasteiger partial charge in [0, 0.05) is 11.1 Å². The summed E-state index contributed by atoms with van der Waals surface area (Å²) in [5, 5.41) is 1.05. The van der Waals surface area contributed by atoms with Gasteiger partial charge in [0.25, 0.3) is 0 Å². The molecule has 0 radical (unpaired) electrons. The van der Waals surface area contributed by atoms with E-state index in [-0.39, 0.29) is 28.1 Å². The van der Waals surface area contributed by atoms with Gasteiger partial charge in [-0.25, -0.2) is 0 Å². The minimum Gasteiger partial charge on any atom is -0.468 e. The van der Waals surface area contributed by atoms with Gasteiger partial charge in [0.05, 0.1) is 27.7 Å². The Kier molecular flexibility index (Phi) is 5.46. The molecular weight excluding hydrogens is 451 g/mol. The third kappa shape index (κ3) is 3.77. The van der Waals surface area contributed by atoms with E-state index in [1.165, 1.54) is 17.7 Å². The van der Waals surface area contributed by atoms with Crippen molar-refractivity contribution in [2.75, 3.05) is 7.11 Å². The summed E-state index contributed by atoms with van der Waals surface area (Å²) in [7, 11) is 1.25. The lowest BCUT2D eigenvalue weighted by molar-refractivity contribution is -0.141. The molecule has 7 nitrogen and oxygen atoms in total. The van der Waals surface area contributed by atoms with Crippen molar-refractivity contribution in [3.05, 3.63) is 73.3 Å². The first-order valence-corrected chi connectivity index (χ1v) is 10.1. The van der Waals surface area contributed by atoms with E-state index >= 15 is 0 Å². The van der Waals surface area contributed by atoms with Crippen LogP contribution in [-0.4, -0.2) is 23.6 Å². The maximum absolute atomic E-state index is 12.8. The van der Waals surface area contributed by atoms with E-state index in [0.29, 0.717) is 25.6 Å². The van der Waals surface area contributed by atoms with E-state index in [1.54, 1.807) is 30.3 Å². The highest BCUT2D eigenvalue weighted by atomic mass is 35.5. The molecular formula is C20H12Cl2N2O5S. The second-order valence-corrected chi connectivity index (χ2v) is 8.02. The molecule has 152 valence electrons. The first-order valence-electron chi connectivity index (χ1n) is 8.54. The average molecular weight is 463 g/mol. The number of fused-ring (bicyclic) bond motifs is 2. The van der Waals surface area contributed by atoms with E-state index < -0.39 is 11.9 Å². The number of halogens is 2. The van der Waals surface area contributed by atoms with Crippen molar-refractivity contribution in [1.82, 2.24) is 4.57 Å². The Balaban J connectivity index is 1.90. The first kappa shape index (κ1) is 20.3. The number of amides is 1. The number of para-hydroxylation sites is 1. The fourth-order valence-electron chi connectivity index (χ4n) is 2.91. The van der Waals surface area contributed by atoms with Gasteiger partial charge in [-0.15, -0.1) is 0 Å². The molecule has 4 aromatic rings. The van der Waals surface area contributed by atoms with E-state index in [2.05, 4.69) is 4.99 Å². The maximum Gasteiger partial charge on any atom is 0.325 e. The summed E-state index contributed by atoms with van der Waals surface area (Å²) in [5.41, 5.74) is 0.407. The molecule has 0 aliphatic carbocycles. The molecule has 0 atom stereocenters. The highest BCUT2D eigenvalue weighted by Crippen LogP contribution is 2.29. The number of esters is 1. The monoisotopic (exact) mass is 462 g/mol. The van der Waals surface area contributed by atoms with Crippen LogP contribution in [0.15, 0.2) is 56.7 Å². The van der Waals surface area contributed by atoms with Gasteiger partial charge in [-0.2, -0.15) is 4.99 Å². The summed E-state index contributed by atoms with van der Waals surface area (Å²) < 4.78 is 12.4. The van der Waals surface area contributed by atoms with Crippen LogP contribution in [0.4, 0.5) is 0 Å². The number of hydrogen-bond acceptors (Lipinski definition) is 6. The van der Waals surface area contributed by atoms with Crippen molar-refractivity contribution in [2.24, 2.45) is 4.99 Å². The molecule has 0 unspecified atom stereocenters. The highest BCUT2D eigenvalue weighted by Gasteiger charge is 2.17. The van der Waals surface area contributed by atoms with Crippen LogP contribution in [0.3, 0.4) is 0 Å². The number of thiazole rings is 1. The summed E-state index contributed by atoms with van der Waals surface area (Å²) in [6.07, 6.45) is 0. The summed E-state index contributed by atoms with van der Waals surface area (Å²) in [6.45, 7) is -0.217. The molecule has 0 spiro atoms. The van der Waals surface area contributed by atoms with Crippen LogP contribution >= 0.6 is 34.5 Å². The number of carbonyl (C=O) groups is 2. The van der Waals surface area contributed by atoms with Crippen LogP contribution in [0.5, 0.6) is 0 Å². The number of methoxy groups -OCH3 is 1. The van der Waals surface area contributed by atoms with Gasteiger partial charge < -0.3 is 13.7 Å². The summed E-state index contributed by atoms with van der Waals surface area (Å²) in [5.74, 6) is -1.54. The summed E-state index contributed by atoms with van der Waals surface area (Å²) in [6, 6.07) is 10.9. The third-order valence-electron chi connectivity index (χ3n) is 4.25. The van der Waals surface area contributed by atoms with Crippen molar-refractivity contribution in [1.29, 1.82) is 0 Å². The molecule has 1 amide bonds. The molecule has 0 fully saturated rings. The standard InChI is InChI=1S/C20H12Cl2N2O5S/c1-28-17(26)9-24-18-12(22)6-10(21)7-16(18)30-20(24)23-19(27)15-8-13(25)11-4-2-3-5-14(11)29-15/h2-8H,9H2,1H3. The second kappa shape index (κ2) is 8.06. The normalized spacial score (nSPS) is 11.9. The molecule has 4 rings (SSSR count). The van der Waals surface area contributed by atoms with Crippen molar-refractivity contribution >= 4 is 67.6 Å². The van der Waals surface area contributed by atoms with Crippen LogP contribution in [0, 0.1) is 0 Å². The number of hydrogen-bond donors (Lipinski definition) is 0. The largest absolute Gasteiger partial charge is 0.468 e. The van der Waals surface area contributed by atoms with Gasteiger partial charge in [0.1, 0.15) is 12.1 Å². The number of aromatic nitrogens is 1. The van der Waals surface area contributed by atoms with Crippen molar-refractivity contribution < 1.29 is 18.7 Å². The molecule has 2 aromatic heterocycles. The Hall–Kier alpha value is -2.94. The van der Waals surface area contributed by atoms with Gasteiger partial charge in [-0.05, 0) is 24.3 Å². The SMILES string of the molecule is COC(=O)Cn1c(=NC(=O)c2cc(=O)c3ccccc3o2)sc2cc(Cl)cc(Cl)c21. The number of nitrogens with zero attached hydrogens (tertiary/aromatic N) is 2. The predicted octanol–water partition coefficient (Wildman–Crippen LogP) is 4.03. The number of carbonyl (C=O) groups excluding carboxylic acids is 2. The average Bonchev–Trinajstić information content (AvgIpc) is 3.04. The smallest absolute Gasteiger partial charge is 0.325 e. The number of ether oxygens (including phenoxy) is 1. The molecule has 0 aliphatic heterocycles. The Labute approximate surface area is 182 Å². The lowest BCUT2D eigenvalue weighted by Gasteiger charge is -2.05. The minimum absolute atomic E-state index is 0.181. The van der Waals surface area contributed by atoms with E-state index in [4.69, 9.17) is 32.4 Å². The van der Waals surface area contributed by atoms with E-state index in [0.717, 1.165) is 17.4 Å². The topological polar surface area (TPSA) is 90.9 Å². The van der Waals surface area contributed by atoms with E-state index in [1.807, 2.05) is 0 Å². The van der Waals surface area contributed by atoms with Gasteiger partial charge in [0.15, 0.2) is 16.0 Å². The van der Waals surface area contributed by atoms with Gasteiger partial charge in [0.2, 0.25) is 0 Å². The summed E-state index contributed by atoms with van der Waals surface area (Å²) >= 11 is 13.5. The molecule has 0 saturated heterocycles. The Morgan fingerprint density at radius 3 is 2.73 bits per heavy atom. The molecule has 0 saturated carbocycles. The molecule has 0 bridgehead atoms. The van der Waals surface area contributed by atoms with Crippen LogP contribution < -0.4 is 10.2 Å². The molecule has 0 N–H and O–H groups in total. The van der Waals surface area contributed by atoms with E-state index in [9.17, 15) is 14.4 Å². The molecule has 30 heavy (non-hydrogen) atoms. The third-order valence-corrected chi connectivity index (χ3v) is 5.78. The zero-order valence-electron chi connectivity index (χ0n) is 15.3. The van der Waals surface area contributed by atoms with Crippen LogP contribution in [-0.2, 0) is 16.1 Å². The highest BCUT2D eigenvalue weighted by molar-refractivity contribution is 7.16. The van der Waals surface area contributed by atoms with Crippen LogP contribution in [0.1, 0.15) is 10.6 Å². The zero-order valence-corrected chi connectivity index (χ0v) is 17.7. The minimum atomic E-state index is -0.773. The fraction of sp³-hybridized carbons (Fsp3) is 0.100. The maximum atomic E-state index is 12.8. The Bertz CT molecular complexity index is 1450. The summed E-state index contributed by atoms with van der Waals surface area (Å²) in [4.78, 5) is 41.2. The first-order chi connectivity index (χ1) is 14.4. The predicted molar refractivity (Wildman–Crippen MR) is 114 cm³/mol. The van der Waals surface area contributed by atoms with Gasteiger partial charge in [-0.1, -0.05) is 46.7 Å². The number of benzene rings is 2. The number of rotatable bonds is 3. The van der Waals surface area contributed by atoms with Crippen molar-refractivity contribution in [3.8, 4) is 0 Å². The molecule has 2 heterocycles. The van der Waals surface area contributed by atoms with Crippen molar-refractivity contribution in [2.45, 2.75) is 6.54 Å². The lowest BCUT2D eigenvalue weighted by atomic mass is 10.2. The van der Waals surface area contributed by atoms with Gasteiger partial charge in [-0.3, -0.25) is 14.4 Å². The quantitative estimate of drug-likeness (QED) is 0.428. The Morgan fingerprint density at radius 2 is 1.97 bits per heavy atom. The second-order valence-electron chi connectivity index (χ2n) is 6.17. The van der Waals surface area contributed by atoms with Crippen LogP contribution in [0.2, 0.25) is 10.0 Å².